The van der Waals surface area contributed by atoms with Gasteiger partial charge < -0.3 is 9.32 Å². The van der Waals surface area contributed by atoms with Crippen molar-refractivity contribution in [1.82, 2.24) is 4.90 Å². The van der Waals surface area contributed by atoms with Gasteiger partial charge in [-0.1, -0.05) is 12.1 Å². The first-order valence-electron chi connectivity index (χ1n) is 6.40. The number of amides is 1. The van der Waals surface area contributed by atoms with Gasteiger partial charge in [-0.15, -0.1) is 11.8 Å². The van der Waals surface area contributed by atoms with E-state index in [9.17, 15) is 4.79 Å². The van der Waals surface area contributed by atoms with E-state index in [1.165, 1.54) is 0 Å². The van der Waals surface area contributed by atoms with E-state index in [2.05, 4.69) is 15.9 Å². The standard InChI is InChI=1S/C15H14BrNO2S/c1-10-6-7-13(19-10)15-17(8-9-20-15)14(18)11-4-2-3-5-12(11)16/h2-7,15H,8-9H2,1H3. The molecule has 1 atom stereocenters. The molecule has 2 aromatic rings. The van der Waals surface area contributed by atoms with E-state index in [-0.39, 0.29) is 11.3 Å². The van der Waals surface area contributed by atoms with Crippen LogP contribution in [-0.4, -0.2) is 23.1 Å². The van der Waals surface area contributed by atoms with Crippen LogP contribution in [0.2, 0.25) is 0 Å². The highest BCUT2D eigenvalue weighted by Gasteiger charge is 2.33. The predicted octanol–water partition coefficient (Wildman–Crippen LogP) is 4.24. The molecule has 1 amide bonds. The molecule has 2 heterocycles. The highest BCUT2D eigenvalue weighted by atomic mass is 79.9. The van der Waals surface area contributed by atoms with E-state index in [1.807, 2.05) is 48.2 Å². The zero-order chi connectivity index (χ0) is 14.1. The molecule has 5 heteroatoms. The minimum absolute atomic E-state index is 0.0247. The molecular formula is C15H14BrNO2S. The molecule has 1 saturated heterocycles. The van der Waals surface area contributed by atoms with Crippen LogP contribution in [0.15, 0.2) is 45.3 Å². The molecule has 1 fully saturated rings. The van der Waals surface area contributed by atoms with Gasteiger partial charge in [0.1, 0.15) is 16.9 Å². The van der Waals surface area contributed by atoms with Crippen molar-refractivity contribution in [3.63, 3.8) is 0 Å². The Morgan fingerprint density at radius 3 is 2.85 bits per heavy atom. The summed E-state index contributed by atoms with van der Waals surface area (Å²) in [5.41, 5.74) is 0.697. The van der Waals surface area contributed by atoms with E-state index < -0.39 is 0 Å². The fraction of sp³-hybridized carbons (Fsp3) is 0.267. The van der Waals surface area contributed by atoms with Gasteiger partial charge in [0.05, 0.1) is 5.56 Å². The third-order valence-electron chi connectivity index (χ3n) is 3.26. The zero-order valence-electron chi connectivity index (χ0n) is 11.0. The number of aryl methyl sites for hydroxylation is 1. The van der Waals surface area contributed by atoms with E-state index in [0.29, 0.717) is 5.56 Å². The Hall–Kier alpha value is -1.20. The van der Waals surface area contributed by atoms with Gasteiger partial charge in [0.25, 0.3) is 5.91 Å². The Bertz CT molecular complexity index is 640. The summed E-state index contributed by atoms with van der Waals surface area (Å²) < 4.78 is 6.52. The van der Waals surface area contributed by atoms with Gasteiger partial charge in [0.2, 0.25) is 0 Å². The number of carbonyl (C=O) groups is 1. The second-order valence-electron chi connectivity index (χ2n) is 4.65. The highest BCUT2D eigenvalue weighted by Crippen LogP contribution is 2.39. The van der Waals surface area contributed by atoms with Crippen molar-refractivity contribution in [3.8, 4) is 0 Å². The van der Waals surface area contributed by atoms with Crippen LogP contribution < -0.4 is 0 Å². The highest BCUT2D eigenvalue weighted by molar-refractivity contribution is 9.10. The first-order valence-corrected chi connectivity index (χ1v) is 8.24. The molecule has 0 aliphatic carbocycles. The van der Waals surface area contributed by atoms with Gasteiger partial charge in [-0.25, -0.2) is 0 Å². The fourth-order valence-corrected chi connectivity index (χ4v) is 3.94. The van der Waals surface area contributed by atoms with E-state index >= 15 is 0 Å². The average Bonchev–Trinajstić information content (AvgIpc) is 3.06. The van der Waals surface area contributed by atoms with Crippen LogP contribution in [0.4, 0.5) is 0 Å². The van der Waals surface area contributed by atoms with Crippen LogP contribution >= 0.6 is 27.7 Å². The SMILES string of the molecule is Cc1ccc(C2SCCN2C(=O)c2ccccc2Br)o1. The van der Waals surface area contributed by atoms with Crippen LogP contribution in [0.1, 0.15) is 27.3 Å². The Kier molecular flexibility index (Phi) is 3.89. The first-order chi connectivity index (χ1) is 9.66. The van der Waals surface area contributed by atoms with Crippen molar-refractivity contribution >= 4 is 33.6 Å². The van der Waals surface area contributed by atoms with E-state index in [4.69, 9.17) is 4.42 Å². The second-order valence-corrected chi connectivity index (χ2v) is 6.69. The van der Waals surface area contributed by atoms with Crippen molar-refractivity contribution in [1.29, 1.82) is 0 Å². The van der Waals surface area contributed by atoms with Crippen molar-refractivity contribution in [2.45, 2.75) is 12.3 Å². The lowest BCUT2D eigenvalue weighted by Crippen LogP contribution is -2.30. The van der Waals surface area contributed by atoms with Gasteiger partial charge in [0.15, 0.2) is 0 Å². The number of furan rings is 1. The molecule has 0 radical (unpaired) electrons. The molecule has 104 valence electrons. The molecule has 1 aliphatic rings. The summed E-state index contributed by atoms with van der Waals surface area (Å²) in [4.78, 5) is 14.6. The van der Waals surface area contributed by atoms with Crippen molar-refractivity contribution in [3.05, 3.63) is 58.0 Å². The molecule has 0 N–H and O–H groups in total. The number of hydrogen-bond donors (Lipinski definition) is 0. The molecule has 0 saturated carbocycles. The zero-order valence-corrected chi connectivity index (χ0v) is 13.4. The lowest BCUT2D eigenvalue weighted by molar-refractivity contribution is 0.0748. The van der Waals surface area contributed by atoms with E-state index in [1.54, 1.807) is 11.8 Å². The third-order valence-corrected chi connectivity index (χ3v) is 5.17. The van der Waals surface area contributed by atoms with Crippen LogP contribution in [-0.2, 0) is 0 Å². The summed E-state index contributed by atoms with van der Waals surface area (Å²) >= 11 is 5.19. The van der Waals surface area contributed by atoms with Gasteiger partial charge in [-0.2, -0.15) is 0 Å². The number of hydrogen-bond acceptors (Lipinski definition) is 3. The Morgan fingerprint density at radius 1 is 1.35 bits per heavy atom. The molecule has 3 nitrogen and oxygen atoms in total. The summed E-state index contributed by atoms with van der Waals surface area (Å²) in [5, 5.41) is -0.0247. The second kappa shape index (κ2) is 5.66. The average molecular weight is 352 g/mol. The molecule has 20 heavy (non-hydrogen) atoms. The lowest BCUT2D eigenvalue weighted by Gasteiger charge is -2.22. The Labute approximate surface area is 130 Å². The van der Waals surface area contributed by atoms with Gasteiger partial charge in [-0.3, -0.25) is 4.79 Å². The number of rotatable bonds is 2. The minimum atomic E-state index is -0.0247. The van der Waals surface area contributed by atoms with Crippen molar-refractivity contribution < 1.29 is 9.21 Å². The lowest BCUT2D eigenvalue weighted by atomic mass is 10.2. The molecule has 0 spiro atoms. The molecule has 0 bridgehead atoms. The topological polar surface area (TPSA) is 33.5 Å². The van der Waals surface area contributed by atoms with Crippen LogP contribution in [0.5, 0.6) is 0 Å². The number of benzene rings is 1. The summed E-state index contributed by atoms with van der Waals surface area (Å²) in [6.45, 7) is 2.66. The normalized spacial score (nSPS) is 18.5. The maximum atomic E-state index is 12.7. The summed E-state index contributed by atoms with van der Waals surface area (Å²) in [6, 6.07) is 11.4. The summed E-state index contributed by atoms with van der Waals surface area (Å²) in [5.74, 6) is 2.70. The molecule has 1 aliphatic heterocycles. The fourth-order valence-electron chi connectivity index (χ4n) is 2.29. The van der Waals surface area contributed by atoms with Crippen molar-refractivity contribution in [2.75, 3.05) is 12.3 Å². The van der Waals surface area contributed by atoms with Crippen molar-refractivity contribution in [2.24, 2.45) is 0 Å². The van der Waals surface area contributed by atoms with Gasteiger partial charge in [-0.05, 0) is 47.1 Å². The Balaban J connectivity index is 1.89. The van der Waals surface area contributed by atoms with Crippen LogP contribution in [0.3, 0.4) is 0 Å². The molecule has 3 rings (SSSR count). The first kappa shape index (κ1) is 13.8. The minimum Gasteiger partial charge on any atom is -0.463 e. The largest absolute Gasteiger partial charge is 0.463 e. The number of thioether (sulfide) groups is 1. The quantitative estimate of drug-likeness (QED) is 0.811. The number of halogens is 1. The van der Waals surface area contributed by atoms with Crippen LogP contribution in [0.25, 0.3) is 0 Å². The van der Waals surface area contributed by atoms with Gasteiger partial charge in [0, 0.05) is 16.8 Å². The Morgan fingerprint density at radius 2 is 2.15 bits per heavy atom. The molecular weight excluding hydrogens is 338 g/mol. The van der Waals surface area contributed by atoms with Gasteiger partial charge >= 0.3 is 0 Å². The molecule has 1 aromatic carbocycles. The number of carbonyl (C=O) groups excluding carboxylic acids is 1. The maximum absolute atomic E-state index is 12.7. The third kappa shape index (κ3) is 2.52. The molecule has 1 unspecified atom stereocenters. The number of nitrogens with zero attached hydrogens (tertiary/aromatic N) is 1. The molecule has 1 aromatic heterocycles. The monoisotopic (exact) mass is 351 g/mol. The van der Waals surface area contributed by atoms with E-state index in [0.717, 1.165) is 28.3 Å². The summed E-state index contributed by atoms with van der Waals surface area (Å²) in [7, 11) is 0. The smallest absolute Gasteiger partial charge is 0.256 e. The maximum Gasteiger partial charge on any atom is 0.256 e. The predicted molar refractivity (Wildman–Crippen MR) is 83.8 cm³/mol. The van der Waals surface area contributed by atoms with Crippen LogP contribution in [0, 0.1) is 6.92 Å². The summed E-state index contributed by atoms with van der Waals surface area (Å²) in [6.07, 6.45) is 0.